The molecule has 1 aliphatic rings. The summed E-state index contributed by atoms with van der Waals surface area (Å²) in [5.41, 5.74) is 6.77. The second kappa shape index (κ2) is 3.35. The molecular weight excluding hydrogens is 250 g/mol. The maximum atomic E-state index is 9.27. The molecule has 0 aromatic carbocycles. The minimum absolute atomic E-state index is 0.0448. The molecule has 0 fully saturated rings. The van der Waals surface area contributed by atoms with Gasteiger partial charge in [-0.25, -0.2) is 0 Å². The number of hydrogen-bond acceptors (Lipinski definition) is 3. The molecule has 1 aromatic heterocycles. The molecule has 4 heteroatoms. The second-order valence-electron chi connectivity index (χ2n) is 3.56. The fourth-order valence-electron chi connectivity index (χ4n) is 1.87. The molecule has 1 unspecified atom stereocenters. The van der Waals surface area contributed by atoms with E-state index in [-0.39, 0.29) is 6.61 Å². The lowest BCUT2D eigenvalue weighted by molar-refractivity contribution is 0.179. The largest absolute Gasteiger partial charge is 0.394 e. The van der Waals surface area contributed by atoms with Crippen LogP contribution in [0.2, 0.25) is 0 Å². The van der Waals surface area contributed by atoms with Crippen LogP contribution < -0.4 is 5.73 Å². The standard InChI is InChI=1S/C9H12BrNOS/c10-8-4-6-7(13-8)2-1-3-9(6,11)5-12/h4,12H,1-3,5,11H2. The lowest BCUT2D eigenvalue weighted by Gasteiger charge is -2.31. The van der Waals surface area contributed by atoms with Crippen molar-refractivity contribution in [2.75, 3.05) is 6.61 Å². The molecule has 13 heavy (non-hydrogen) atoms. The van der Waals surface area contributed by atoms with Gasteiger partial charge in [0, 0.05) is 4.88 Å². The summed E-state index contributed by atoms with van der Waals surface area (Å²) < 4.78 is 1.11. The van der Waals surface area contributed by atoms with Gasteiger partial charge in [-0.3, -0.25) is 0 Å². The lowest BCUT2D eigenvalue weighted by atomic mass is 9.82. The number of nitrogens with two attached hydrogens (primary N) is 1. The van der Waals surface area contributed by atoms with Crippen LogP contribution in [0.25, 0.3) is 0 Å². The maximum Gasteiger partial charge on any atom is 0.0704 e. The Hall–Kier alpha value is 0.100. The Labute approximate surface area is 89.9 Å². The number of fused-ring (bicyclic) bond motifs is 1. The Morgan fingerprint density at radius 3 is 3.15 bits per heavy atom. The second-order valence-corrected chi connectivity index (χ2v) is 6.07. The average molecular weight is 262 g/mol. The number of thiophene rings is 1. The maximum absolute atomic E-state index is 9.27. The molecule has 1 atom stereocenters. The molecule has 0 aliphatic heterocycles. The number of aryl methyl sites for hydroxylation is 1. The van der Waals surface area contributed by atoms with Gasteiger partial charge >= 0.3 is 0 Å². The molecule has 0 spiro atoms. The van der Waals surface area contributed by atoms with Gasteiger partial charge in [-0.15, -0.1) is 11.3 Å². The highest BCUT2D eigenvalue weighted by Crippen LogP contribution is 2.39. The average Bonchev–Trinajstić information content (AvgIpc) is 2.48. The van der Waals surface area contributed by atoms with Crippen molar-refractivity contribution < 1.29 is 5.11 Å². The third-order valence-corrected chi connectivity index (χ3v) is 4.32. The van der Waals surface area contributed by atoms with Crippen molar-refractivity contribution in [1.29, 1.82) is 0 Å². The fraction of sp³-hybridized carbons (Fsp3) is 0.556. The summed E-state index contributed by atoms with van der Waals surface area (Å²) in [4.78, 5) is 1.33. The monoisotopic (exact) mass is 261 g/mol. The van der Waals surface area contributed by atoms with Crippen LogP contribution in [-0.2, 0) is 12.0 Å². The van der Waals surface area contributed by atoms with Crippen LogP contribution in [0.1, 0.15) is 23.3 Å². The normalized spacial score (nSPS) is 27.3. The van der Waals surface area contributed by atoms with E-state index in [1.165, 1.54) is 4.88 Å². The predicted molar refractivity (Wildman–Crippen MR) is 57.9 cm³/mol. The smallest absolute Gasteiger partial charge is 0.0704 e. The molecule has 2 rings (SSSR count). The highest BCUT2D eigenvalue weighted by molar-refractivity contribution is 9.11. The Kier molecular flexibility index (Phi) is 2.49. The minimum atomic E-state index is -0.490. The first-order chi connectivity index (χ1) is 6.15. The third-order valence-electron chi connectivity index (χ3n) is 2.62. The van der Waals surface area contributed by atoms with Gasteiger partial charge in [0.2, 0.25) is 0 Å². The van der Waals surface area contributed by atoms with E-state index in [1.54, 1.807) is 11.3 Å². The molecule has 1 aromatic rings. The van der Waals surface area contributed by atoms with Crippen LogP contribution in [0.3, 0.4) is 0 Å². The summed E-state index contributed by atoms with van der Waals surface area (Å²) in [6.45, 7) is 0.0448. The molecule has 0 saturated carbocycles. The van der Waals surface area contributed by atoms with Gasteiger partial charge < -0.3 is 10.8 Å². The van der Waals surface area contributed by atoms with Crippen LogP contribution in [0, 0.1) is 0 Å². The minimum Gasteiger partial charge on any atom is -0.394 e. The van der Waals surface area contributed by atoms with Gasteiger partial charge in [-0.1, -0.05) is 0 Å². The first kappa shape index (κ1) is 9.65. The zero-order valence-electron chi connectivity index (χ0n) is 7.22. The number of rotatable bonds is 1. The number of hydrogen-bond donors (Lipinski definition) is 2. The molecule has 0 amide bonds. The fourth-order valence-corrected chi connectivity index (χ4v) is 3.71. The zero-order chi connectivity index (χ0) is 9.47. The van der Waals surface area contributed by atoms with Gasteiger partial charge in [0.15, 0.2) is 0 Å². The van der Waals surface area contributed by atoms with Crippen LogP contribution in [0.4, 0.5) is 0 Å². The van der Waals surface area contributed by atoms with Crippen LogP contribution in [-0.4, -0.2) is 11.7 Å². The summed E-state index contributed by atoms with van der Waals surface area (Å²) in [7, 11) is 0. The number of aliphatic hydroxyl groups is 1. The van der Waals surface area contributed by atoms with Crippen molar-refractivity contribution >= 4 is 27.3 Å². The Balaban J connectivity index is 2.47. The van der Waals surface area contributed by atoms with E-state index in [0.717, 1.165) is 28.6 Å². The molecule has 3 N–H and O–H groups in total. The molecule has 2 nitrogen and oxygen atoms in total. The highest BCUT2D eigenvalue weighted by Gasteiger charge is 2.33. The van der Waals surface area contributed by atoms with Crippen LogP contribution in [0.15, 0.2) is 9.85 Å². The van der Waals surface area contributed by atoms with Gasteiger partial charge in [0.05, 0.1) is 15.9 Å². The van der Waals surface area contributed by atoms with Crippen LogP contribution in [0.5, 0.6) is 0 Å². The van der Waals surface area contributed by atoms with E-state index < -0.39 is 5.54 Å². The molecule has 0 radical (unpaired) electrons. The van der Waals surface area contributed by atoms with E-state index in [0.29, 0.717) is 0 Å². The molecular formula is C9H12BrNOS. The van der Waals surface area contributed by atoms with E-state index in [1.807, 2.05) is 0 Å². The van der Waals surface area contributed by atoms with Crippen LogP contribution >= 0.6 is 27.3 Å². The van der Waals surface area contributed by atoms with Crippen molar-refractivity contribution in [2.24, 2.45) is 5.73 Å². The topological polar surface area (TPSA) is 46.2 Å². The summed E-state index contributed by atoms with van der Waals surface area (Å²) >= 11 is 5.19. The Morgan fingerprint density at radius 2 is 2.46 bits per heavy atom. The molecule has 1 aliphatic carbocycles. The lowest BCUT2D eigenvalue weighted by Crippen LogP contribution is -2.42. The van der Waals surface area contributed by atoms with E-state index in [4.69, 9.17) is 5.73 Å². The van der Waals surface area contributed by atoms with Crippen molar-refractivity contribution in [2.45, 2.75) is 24.8 Å². The molecule has 0 bridgehead atoms. The SMILES string of the molecule is NC1(CO)CCCc2sc(Br)cc21. The zero-order valence-corrected chi connectivity index (χ0v) is 9.62. The summed E-state index contributed by atoms with van der Waals surface area (Å²) in [5, 5.41) is 9.27. The summed E-state index contributed by atoms with van der Waals surface area (Å²) in [5.74, 6) is 0. The first-order valence-electron chi connectivity index (χ1n) is 4.34. The van der Waals surface area contributed by atoms with Crippen molar-refractivity contribution in [1.82, 2.24) is 0 Å². The van der Waals surface area contributed by atoms with Crippen molar-refractivity contribution in [3.8, 4) is 0 Å². The van der Waals surface area contributed by atoms with Gasteiger partial charge in [0.1, 0.15) is 0 Å². The molecule has 1 heterocycles. The molecule has 72 valence electrons. The van der Waals surface area contributed by atoms with Crippen molar-refractivity contribution in [3.05, 3.63) is 20.3 Å². The highest BCUT2D eigenvalue weighted by atomic mass is 79.9. The Bertz CT molecular complexity index is 325. The molecule has 0 saturated heterocycles. The Morgan fingerprint density at radius 1 is 1.69 bits per heavy atom. The van der Waals surface area contributed by atoms with Crippen molar-refractivity contribution in [3.63, 3.8) is 0 Å². The predicted octanol–water partition coefficient (Wildman–Crippen LogP) is 1.99. The van der Waals surface area contributed by atoms with E-state index >= 15 is 0 Å². The number of aliphatic hydroxyl groups excluding tert-OH is 1. The third kappa shape index (κ3) is 1.56. The van der Waals surface area contributed by atoms with E-state index in [2.05, 4.69) is 22.0 Å². The first-order valence-corrected chi connectivity index (χ1v) is 5.95. The quantitative estimate of drug-likeness (QED) is 0.813. The summed E-state index contributed by atoms with van der Waals surface area (Å²) in [6, 6.07) is 2.05. The van der Waals surface area contributed by atoms with Gasteiger partial charge in [-0.2, -0.15) is 0 Å². The summed E-state index contributed by atoms with van der Waals surface area (Å²) in [6.07, 6.45) is 3.07. The van der Waals surface area contributed by atoms with Gasteiger partial charge in [-0.05, 0) is 46.8 Å². The van der Waals surface area contributed by atoms with Gasteiger partial charge in [0.25, 0.3) is 0 Å². The number of halogens is 1. The van der Waals surface area contributed by atoms with E-state index in [9.17, 15) is 5.11 Å².